The molecule has 0 bridgehead atoms. The fourth-order valence-corrected chi connectivity index (χ4v) is 1.95. The normalized spacial score (nSPS) is 27.5. The third-order valence-electron chi connectivity index (χ3n) is 2.94. The topological polar surface area (TPSA) is 49.2 Å². The first-order valence-corrected chi connectivity index (χ1v) is 5.41. The minimum absolute atomic E-state index is 0.517. The maximum absolute atomic E-state index is 9.96. The lowest BCUT2D eigenvalue weighted by molar-refractivity contribution is 0.0481. The minimum Gasteiger partial charge on any atom is -0.390 e. The molecular formula is C11H17N3O. The Morgan fingerprint density at radius 2 is 2.20 bits per heavy atom. The maximum atomic E-state index is 9.96. The van der Waals surface area contributed by atoms with E-state index in [-0.39, 0.29) is 0 Å². The fraction of sp³-hybridized carbons (Fsp3) is 0.636. The van der Waals surface area contributed by atoms with Crippen LogP contribution in [0.2, 0.25) is 0 Å². The quantitative estimate of drug-likeness (QED) is 0.752. The summed E-state index contributed by atoms with van der Waals surface area (Å²) in [4.78, 5) is 10.5. The predicted octanol–water partition coefficient (Wildman–Crippen LogP) is 1.22. The molecule has 0 amide bonds. The number of aliphatic hydroxyl groups is 1. The van der Waals surface area contributed by atoms with Gasteiger partial charge in [0.15, 0.2) is 0 Å². The second-order valence-electron chi connectivity index (χ2n) is 4.40. The SMILES string of the molecule is CC1(O)CCCN(c2cnccn2)CC1. The van der Waals surface area contributed by atoms with Gasteiger partial charge in [0, 0.05) is 25.5 Å². The summed E-state index contributed by atoms with van der Waals surface area (Å²) >= 11 is 0. The first-order valence-electron chi connectivity index (χ1n) is 5.41. The Hall–Kier alpha value is -1.16. The van der Waals surface area contributed by atoms with E-state index in [1.54, 1.807) is 18.6 Å². The van der Waals surface area contributed by atoms with E-state index >= 15 is 0 Å². The fourth-order valence-electron chi connectivity index (χ4n) is 1.95. The molecular weight excluding hydrogens is 190 g/mol. The van der Waals surface area contributed by atoms with Crippen molar-refractivity contribution in [1.82, 2.24) is 9.97 Å². The highest BCUT2D eigenvalue weighted by molar-refractivity contribution is 5.35. The lowest BCUT2D eigenvalue weighted by atomic mass is 9.98. The molecule has 1 N–H and O–H groups in total. The second-order valence-corrected chi connectivity index (χ2v) is 4.40. The van der Waals surface area contributed by atoms with Gasteiger partial charge < -0.3 is 10.0 Å². The lowest BCUT2D eigenvalue weighted by Crippen LogP contribution is -2.28. The first-order chi connectivity index (χ1) is 7.17. The number of hydrogen-bond acceptors (Lipinski definition) is 4. The molecule has 82 valence electrons. The second kappa shape index (κ2) is 4.14. The summed E-state index contributed by atoms with van der Waals surface area (Å²) in [6.45, 7) is 3.72. The molecule has 4 nitrogen and oxygen atoms in total. The molecule has 4 heteroatoms. The van der Waals surface area contributed by atoms with Gasteiger partial charge in [-0.25, -0.2) is 4.98 Å². The maximum Gasteiger partial charge on any atom is 0.147 e. The number of nitrogens with zero attached hydrogens (tertiary/aromatic N) is 3. The van der Waals surface area contributed by atoms with Crippen LogP contribution in [-0.4, -0.2) is 33.8 Å². The molecule has 1 atom stereocenters. The Bertz CT molecular complexity index is 313. The van der Waals surface area contributed by atoms with Gasteiger partial charge in [0.1, 0.15) is 5.82 Å². The number of rotatable bonds is 1. The van der Waals surface area contributed by atoms with Crippen LogP contribution in [0.1, 0.15) is 26.2 Å². The minimum atomic E-state index is -0.517. The Balaban J connectivity index is 2.06. The monoisotopic (exact) mass is 207 g/mol. The summed E-state index contributed by atoms with van der Waals surface area (Å²) in [7, 11) is 0. The molecule has 0 radical (unpaired) electrons. The Morgan fingerprint density at radius 1 is 1.33 bits per heavy atom. The Labute approximate surface area is 90.0 Å². The molecule has 1 saturated heterocycles. The molecule has 15 heavy (non-hydrogen) atoms. The number of aromatic nitrogens is 2. The van der Waals surface area contributed by atoms with Gasteiger partial charge in [-0.1, -0.05) is 0 Å². The molecule has 1 aromatic rings. The van der Waals surface area contributed by atoms with E-state index in [2.05, 4.69) is 14.9 Å². The molecule has 0 aromatic carbocycles. The molecule has 0 aliphatic carbocycles. The van der Waals surface area contributed by atoms with Crippen molar-refractivity contribution in [2.45, 2.75) is 31.8 Å². The van der Waals surface area contributed by atoms with E-state index < -0.39 is 5.60 Å². The van der Waals surface area contributed by atoms with Gasteiger partial charge in [0.05, 0.1) is 11.8 Å². The third kappa shape index (κ3) is 2.65. The van der Waals surface area contributed by atoms with E-state index in [1.165, 1.54) is 0 Å². The zero-order valence-electron chi connectivity index (χ0n) is 9.06. The highest BCUT2D eigenvalue weighted by atomic mass is 16.3. The van der Waals surface area contributed by atoms with Crippen molar-refractivity contribution >= 4 is 5.82 Å². The summed E-state index contributed by atoms with van der Waals surface area (Å²) in [5.41, 5.74) is -0.517. The van der Waals surface area contributed by atoms with Crippen LogP contribution in [0.15, 0.2) is 18.6 Å². The van der Waals surface area contributed by atoms with Crippen LogP contribution in [0.3, 0.4) is 0 Å². The van der Waals surface area contributed by atoms with Crippen molar-refractivity contribution in [2.75, 3.05) is 18.0 Å². The number of hydrogen-bond donors (Lipinski definition) is 1. The van der Waals surface area contributed by atoms with E-state index in [0.717, 1.165) is 38.2 Å². The summed E-state index contributed by atoms with van der Waals surface area (Å²) in [6.07, 6.45) is 7.83. The van der Waals surface area contributed by atoms with Gasteiger partial charge in [-0.15, -0.1) is 0 Å². The summed E-state index contributed by atoms with van der Waals surface area (Å²) in [5.74, 6) is 0.912. The van der Waals surface area contributed by atoms with Crippen LogP contribution >= 0.6 is 0 Å². The standard InChI is InChI=1S/C11H17N3O/c1-11(15)3-2-7-14(8-4-11)10-9-12-5-6-13-10/h5-6,9,15H,2-4,7-8H2,1H3. The summed E-state index contributed by atoms with van der Waals surface area (Å²) < 4.78 is 0. The molecule has 0 saturated carbocycles. The smallest absolute Gasteiger partial charge is 0.147 e. The first kappa shape index (κ1) is 10.4. The van der Waals surface area contributed by atoms with Gasteiger partial charge in [0.2, 0.25) is 0 Å². The average Bonchev–Trinajstić information content (AvgIpc) is 2.41. The Kier molecular flexibility index (Phi) is 2.86. The van der Waals surface area contributed by atoms with Gasteiger partial charge in [-0.3, -0.25) is 4.98 Å². The van der Waals surface area contributed by atoms with Crippen molar-refractivity contribution in [3.05, 3.63) is 18.6 Å². The lowest BCUT2D eigenvalue weighted by Gasteiger charge is -2.22. The van der Waals surface area contributed by atoms with E-state index in [0.29, 0.717) is 0 Å². The molecule has 2 rings (SSSR count). The molecule has 1 aliphatic heterocycles. The van der Waals surface area contributed by atoms with Crippen LogP contribution in [0.25, 0.3) is 0 Å². The molecule has 1 aliphatic rings. The molecule has 2 heterocycles. The number of anilines is 1. The van der Waals surface area contributed by atoms with Crippen molar-refractivity contribution in [3.63, 3.8) is 0 Å². The molecule has 1 unspecified atom stereocenters. The average molecular weight is 207 g/mol. The van der Waals surface area contributed by atoms with Crippen LogP contribution in [0, 0.1) is 0 Å². The zero-order valence-corrected chi connectivity index (χ0v) is 9.06. The highest BCUT2D eigenvalue weighted by Gasteiger charge is 2.25. The van der Waals surface area contributed by atoms with Gasteiger partial charge >= 0.3 is 0 Å². The van der Waals surface area contributed by atoms with Crippen molar-refractivity contribution in [3.8, 4) is 0 Å². The summed E-state index contributed by atoms with van der Waals surface area (Å²) in [5, 5.41) is 9.96. The molecule has 1 aromatic heterocycles. The molecule has 0 spiro atoms. The van der Waals surface area contributed by atoms with Gasteiger partial charge in [-0.2, -0.15) is 0 Å². The van der Waals surface area contributed by atoms with Gasteiger partial charge in [0.25, 0.3) is 0 Å². The van der Waals surface area contributed by atoms with Crippen LogP contribution in [0.4, 0.5) is 5.82 Å². The third-order valence-corrected chi connectivity index (χ3v) is 2.94. The van der Waals surface area contributed by atoms with Crippen LogP contribution in [0.5, 0.6) is 0 Å². The highest BCUT2D eigenvalue weighted by Crippen LogP contribution is 2.23. The van der Waals surface area contributed by atoms with Crippen molar-refractivity contribution in [1.29, 1.82) is 0 Å². The van der Waals surface area contributed by atoms with Gasteiger partial charge in [-0.05, 0) is 26.2 Å². The van der Waals surface area contributed by atoms with E-state index in [4.69, 9.17) is 0 Å². The van der Waals surface area contributed by atoms with Crippen molar-refractivity contribution < 1.29 is 5.11 Å². The Morgan fingerprint density at radius 3 is 2.93 bits per heavy atom. The van der Waals surface area contributed by atoms with Crippen molar-refractivity contribution in [2.24, 2.45) is 0 Å². The van der Waals surface area contributed by atoms with E-state index in [9.17, 15) is 5.11 Å². The van der Waals surface area contributed by atoms with E-state index in [1.807, 2.05) is 6.92 Å². The predicted molar refractivity (Wildman–Crippen MR) is 58.7 cm³/mol. The van der Waals surface area contributed by atoms with Crippen LogP contribution in [-0.2, 0) is 0 Å². The summed E-state index contributed by atoms with van der Waals surface area (Å²) in [6, 6.07) is 0. The molecule has 1 fully saturated rings. The largest absolute Gasteiger partial charge is 0.390 e. The van der Waals surface area contributed by atoms with Crippen LogP contribution < -0.4 is 4.90 Å². The zero-order chi connectivity index (χ0) is 10.7.